The topological polar surface area (TPSA) is 47.3 Å². The molecule has 0 saturated carbocycles. The summed E-state index contributed by atoms with van der Waals surface area (Å²) in [6.07, 6.45) is 1.86. The Balaban J connectivity index is 3.09. The van der Waals surface area contributed by atoms with E-state index in [0.717, 1.165) is 12.8 Å². The van der Waals surface area contributed by atoms with E-state index in [2.05, 4.69) is 57.4 Å². The van der Waals surface area contributed by atoms with Gasteiger partial charge in [0, 0.05) is 6.61 Å². The van der Waals surface area contributed by atoms with Crippen molar-refractivity contribution in [2.24, 2.45) is 5.84 Å². The maximum absolute atomic E-state index is 6.07. The molecule has 0 bridgehead atoms. The molecule has 3 nitrogen and oxygen atoms in total. The zero-order valence-corrected chi connectivity index (χ0v) is 13.6. The van der Waals surface area contributed by atoms with E-state index < -0.39 is 0 Å². The van der Waals surface area contributed by atoms with E-state index in [4.69, 9.17) is 10.6 Å². The van der Waals surface area contributed by atoms with Crippen LogP contribution in [0.25, 0.3) is 0 Å². The highest BCUT2D eigenvalue weighted by Gasteiger charge is 2.36. The summed E-state index contributed by atoms with van der Waals surface area (Å²) in [6.45, 7) is 11.5. The van der Waals surface area contributed by atoms with Gasteiger partial charge in [-0.3, -0.25) is 11.3 Å². The third-order valence-electron chi connectivity index (χ3n) is 4.26. The quantitative estimate of drug-likeness (QED) is 0.560. The van der Waals surface area contributed by atoms with Crippen LogP contribution in [0.15, 0.2) is 24.3 Å². The van der Waals surface area contributed by atoms with Gasteiger partial charge in [-0.2, -0.15) is 0 Å². The Morgan fingerprint density at radius 2 is 1.55 bits per heavy atom. The van der Waals surface area contributed by atoms with Crippen LogP contribution in [-0.4, -0.2) is 12.2 Å². The Hall–Kier alpha value is -0.900. The smallest absolute Gasteiger partial charge is 0.0883 e. The van der Waals surface area contributed by atoms with E-state index in [9.17, 15) is 0 Å². The first-order valence-corrected chi connectivity index (χ1v) is 7.74. The Morgan fingerprint density at radius 3 is 1.90 bits per heavy atom. The number of benzene rings is 1. The number of rotatable bonds is 8. The first-order chi connectivity index (χ1) is 9.54. The first kappa shape index (κ1) is 17.2. The van der Waals surface area contributed by atoms with Crippen LogP contribution in [0, 0.1) is 0 Å². The Morgan fingerprint density at radius 1 is 1.05 bits per heavy atom. The molecule has 20 heavy (non-hydrogen) atoms. The van der Waals surface area contributed by atoms with E-state index in [1.54, 1.807) is 0 Å². The molecule has 0 radical (unpaired) electrons. The molecule has 3 heteroatoms. The lowest BCUT2D eigenvalue weighted by atomic mass is 9.83. The van der Waals surface area contributed by atoms with Crippen molar-refractivity contribution in [1.29, 1.82) is 0 Å². The van der Waals surface area contributed by atoms with Crippen molar-refractivity contribution in [3.05, 3.63) is 35.4 Å². The maximum atomic E-state index is 6.07. The highest BCUT2D eigenvalue weighted by molar-refractivity contribution is 5.28. The first-order valence-electron chi connectivity index (χ1n) is 7.74. The summed E-state index contributed by atoms with van der Waals surface area (Å²) in [7, 11) is 0. The molecule has 1 unspecified atom stereocenters. The standard InChI is InChI=1S/C17H30N2O/c1-6-17(7-2,20-8-3)16(19-18)15-11-9-14(10-12-15)13(4)5/h9-13,16,19H,6-8,18H2,1-5H3. The molecule has 1 atom stereocenters. The van der Waals surface area contributed by atoms with Crippen LogP contribution in [0.4, 0.5) is 0 Å². The lowest BCUT2D eigenvalue weighted by Crippen LogP contribution is -2.48. The van der Waals surface area contributed by atoms with Crippen LogP contribution in [0.3, 0.4) is 0 Å². The summed E-state index contributed by atoms with van der Waals surface area (Å²) < 4.78 is 6.07. The zero-order valence-electron chi connectivity index (χ0n) is 13.6. The fourth-order valence-corrected chi connectivity index (χ4v) is 2.86. The normalized spacial score (nSPS) is 13.8. The fourth-order valence-electron chi connectivity index (χ4n) is 2.86. The average molecular weight is 278 g/mol. The van der Waals surface area contributed by atoms with Crippen molar-refractivity contribution in [1.82, 2.24) is 5.43 Å². The lowest BCUT2D eigenvalue weighted by Gasteiger charge is -2.39. The number of nitrogens with one attached hydrogen (secondary N) is 1. The van der Waals surface area contributed by atoms with E-state index in [0.29, 0.717) is 12.5 Å². The molecule has 0 spiro atoms. The summed E-state index contributed by atoms with van der Waals surface area (Å²) in [4.78, 5) is 0. The van der Waals surface area contributed by atoms with Gasteiger partial charge in [-0.1, -0.05) is 52.0 Å². The largest absolute Gasteiger partial charge is 0.373 e. The van der Waals surface area contributed by atoms with E-state index in [1.807, 2.05) is 6.92 Å². The molecule has 0 aliphatic carbocycles. The molecular weight excluding hydrogens is 248 g/mol. The molecule has 0 saturated heterocycles. The van der Waals surface area contributed by atoms with Gasteiger partial charge in [0.15, 0.2) is 0 Å². The molecule has 1 rings (SSSR count). The number of hydrogen-bond acceptors (Lipinski definition) is 3. The van der Waals surface area contributed by atoms with Gasteiger partial charge in [0.2, 0.25) is 0 Å². The summed E-state index contributed by atoms with van der Waals surface area (Å²) in [5.41, 5.74) is 5.26. The van der Waals surface area contributed by atoms with Gasteiger partial charge in [0.05, 0.1) is 11.6 Å². The monoisotopic (exact) mass is 278 g/mol. The van der Waals surface area contributed by atoms with Crippen molar-refractivity contribution in [2.75, 3.05) is 6.61 Å². The maximum Gasteiger partial charge on any atom is 0.0883 e. The Labute approximate surface area is 123 Å². The van der Waals surface area contributed by atoms with Crippen LogP contribution in [0.2, 0.25) is 0 Å². The second-order valence-corrected chi connectivity index (χ2v) is 5.63. The minimum absolute atomic E-state index is 0.0127. The zero-order chi connectivity index (χ0) is 15.2. The number of ether oxygens (including phenoxy) is 1. The second kappa shape index (κ2) is 7.77. The predicted octanol–water partition coefficient (Wildman–Crippen LogP) is 3.91. The number of nitrogens with two attached hydrogens (primary N) is 1. The molecule has 3 N–H and O–H groups in total. The van der Waals surface area contributed by atoms with E-state index in [1.165, 1.54) is 11.1 Å². The van der Waals surface area contributed by atoms with Gasteiger partial charge >= 0.3 is 0 Å². The van der Waals surface area contributed by atoms with Crippen molar-refractivity contribution >= 4 is 0 Å². The number of hydrazine groups is 1. The van der Waals surface area contributed by atoms with Gasteiger partial charge in [-0.25, -0.2) is 0 Å². The molecule has 1 aromatic rings. The highest BCUT2D eigenvalue weighted by atomic mass is 16.5. The SMILES string of the molecule is CCOC(CC)(CC)C(NN)c1ccc(C(C)C)cc1. The molecule has 0 aliphatic heterocycles. The van der Waals surface area contributed by atoms with Gasteiger partial charge in [0.25, 0.3) is 0 Å². The minimum atomic E-state index is -0.247. The molecule has 0 amide bonds. The molecule has 1 aromatic carbocycles. The summed E-state index contributed by atoms with van der Waals surface area (Å²) in [6, 6.07) is 8.72. The second-order valence-electron chi connectivity index (χ2n) is 5.63. The van der Waals surface area contributed by atoms with E-state index >= 15 is 0 Å². The summed E-state index contributed by atoms with van der Waals surface area (Å²) >= 11 is 0. The predicted molar refractivity (Wildman–Crippen MR) is 85.5 cm³/mol. The van der Waals surface area contributed by atoms with E-state index in [-0.39, 0.29) is 11.6 Å². The fraction of sp³-hybridized carbons (Fsp3) is 0.647. The molecule has 0 fully saturated rings. The van der Waals surface area contributed by atoms with Crippen LogP contribution in [0.5, 0.6) is 0 Å². The van der Waals surface area contributed by atoms with Crippen molar-refractivity contribution in [3.63, 3.8) is 0 Å². The Kier molecular flexibility index (Phi) is 6.66. The van der Waals surface area contributed by atoms with Crippen molar-refractivity contribution in [3.8, 4) is 0 Å². The van der Waals surface area contributed by atoms with Crippen molar-refractivity contribution < 1.29 is 4.74 Å². The Bertz CT molecular complexity index is 382. The molecule has 0 aromatic heterocycles. The number of hydrogen-bond donors (Lipinski definition) is 2. The molecule has 0 heterocycles. The third kappa shape index (κ3) is 3.60. The highest BCUT2D eigenvalue weighted by Crippen LogP contribution is 2.35. The third-order valence-corrected chi connectivity index (χ3v) is 4.26. The van der Waals surface area contributed by atoms with Gasteiger partial charge in [-0.15, -0.1) is 0 Å². The van der Waals surface area contributed by atoms with Crippen LogP contribution in [0.1, 0.15) is 70.5 Å². The summed E-state index contributed by atoms with van der Waals surface area (Å²) in [5, 5.41) is 0. The lowest BCUT2D eigenvalue weighted by molar-refractivity contribution is -0.0734. The van der Waals surface area contributed by atoms with Crippen LogP contribution < -0.4 is 11.3 Å². The minimum Gasteiger partial charge on any atom is -0.373 e. The van der Waals surface area contributed by atoms with Gasteiger partial charge < -0.3 is 4.74 Å². The van der Waals surface area contributed by atoms with Crippen LogP contribution in [-0.2, 0) is 4.74 Å². The van der Waals surface area contributed by atoms with Crippen LogP contribution >= 0.6 is 0 Å². The summed E-state index contributed by atoms with van der Waals surface area (Å²) in [5.74, 6) is 6.38. The van der Waals surface area contributed by atoms with Gasteiger partial charge in [0.1, 0.15) is 0 Å². The molecular formula is C17H30N2O. The van der Waals surface area contributed by atoms with Gasteiger partial charge in [-0.05, 0) is 36.8 Å². The molecule has 114 valence electrons. The van der Waals surface area contributed by atoms with Crippen molar-refractivity contribution in [2.45, 2.75) is 65.0 Å². The molecule has 0 aliphatic rings. The average Bonchev–Trinajstić information content (AvgIpc) is 2.47.